The number of hydrogen-bond acceptors (Lipinski definition) is 2. The number of rotatable bonds is 4. The van der Waals surface area contributed by atoms with Gasteiger partial charge >= 0.3 is 0 Å². The predicted octanol–water partition coefficient (Wildman–Crippen LogP) is 5.76. The van der Waals surface area contributed by atoms with Gasteiger partial charge < -0.3 is 10.2 Å². The zero-order valence-corrected chi connectivity index (χ0v) is 15.5. The molecule has 2 rings (SSSR count). The molecule has 2 N–H and O–H groups in total. The smallest absolute Gasteiger partial charge is 0.126 e. The minimum Gasteiger partial charge on any atom is -0.507 e. The van der Waals surface area contributed by atoms with Crippen molar-refractivity contribution in [1.82, 2.24) is 0 Å². The molecule has 1 aromatic rings. The predicted molar refractivity (Wildman–Crippen MR) is 97.3 cm³/mol. The Morgan fingerprint density at radius 3 is 2.13 bits per heavy atom. The molecule has 0 bridgehead atoms. The first-order valence-corrected chi connectivity index (χ1v) is 9.00. The fraction of sp³-hybridized carbons (Fsp3) is 0.619. The molecule has 0 saturated heterocycles. The Hall–Kier alpha value is -1.44. The van der Waals surface area contributed by atoms with Gasteiger partial charge in [0.1, 0.15) is 11.5 Å². The van der Waals surface area contributed by atoms with E-state index in [-0.39, 0.29) is 5.92 Å². The third-order valence-electron chi connectivity index (χ3n) is 5.61. The zero-order chi connectivity index (χ0) is 17.3. The Labute approximate surface area is 141 Å². The highest BCUT2D eigenvalue weighted by atomic mass is 16.3. The standard InChI is InChI=1S/C21H32O2/c1-7-8-17-14(5)20(22)19(21(23)15(17)6)18-11-13(4)9-10-16(18)12(2)3/h11-12,16,18,22-23H,7-10H2,1-6H3/t16-,18?/m0/s1. The van der Waals surface area contributed by atoms with Crippen LogP contribution >= 0.6 is 0 Å². The van der Waals surface area contributed by atoms with E-state index in [1.54, 1.807) is 0 Å². The van der Waals surface area contributed by atoms with Crippen LogP contribution in [0.1, 0.15) is 75.1 Å². The minimum atomic E-state index is 0.108. The molecule has 128 valence electrons. The second-order valence-corrected chi connectivity index (χ2v) is 7.57. The molecule has 0 spiro atoms. The normalized spacial score (nSPS) is 21.6. The van der Waals surface area contributed by atoms with Crippen LogP contribution in [0.5, 0.6) is 11.5 Å². The van der Waals surface area contributed by atoms with E-state index in [9.17, 15) is 10.2 Å². The molecule has 0 fully saturated rings. The fourth-order valence-corrected chi connectivity index (χ4v) is 4.16. The average Bonchev–Trinajstić information content (AvgIpc) is 2.49. The van der Waals surface area contributed by atoms with E-state index in [1.165, 1.54) is 5.57 Å². The van der Waals surface area contributed by atoms with E-state index in [0.29, 0.717) is 23.3 Å². The van der Waals surface area contributed by atoms with Crippen LogP contribution in [0.25, 0.3) is 0 Å². The molecular formula is C21H32O2. The molecule has 1 aromatic carbocycles. The first-order valence-electron chi connectivity index (χ1n) is 9.00. The highest BCUT2D eigenvalue weighted by Gasteiger charge is 2.33. The van der Waals surface area contributed by atoms with E-state index in [1.807, 2.05) is 13.8 Å². The molecule has 0 aliphatic heterocycles. The van der Waals surface area contributed by atoms with Crippen LogP contribution in [0.4, 0.5) is 0 Å². The molecule has 0 amide bonds. The average molecular weight is 316 g/mol. The summed E-state index contributed by atoms with van der Waals surface area (Å²) in [6.45, 7) is 12.7. The van der Waals surface area contributed by atoms with Gasteiger partial charge in [-0.15, -0.1) is 0 Å². The van der Waals surface area contributed by atoms with Crippen LogP contribution in [-0.2, 0) is 6.42 Å². The van der Waals surface area contributed by atoms with E-state index in [2.05, 4.69) is 33.8 Å². The maximum Gasteiger partial charge on any atom is 0.126 e. The summed E-state index contributed by atoms with van der Waals surface area (Å²) >= 11 is 0. The lowest BCUT2D eigenvalue weighted by molar-refractivity contribution is 0.303. The van der Waals surface area contributed by atoms with Crippen molar-refractivity contribution in [3.8, 4) is 11.5 Å². The van der Waals surface area contributed by atoms with Crippen molar-refractivity contribution < 1.29 is 10.2 Å². The van der Waals surface area contributed by atoms with Crippen molar-refractivity contribution in [3.05, 3.63) is 33.9 Å². The second kappa shape index (κ2) is 6.98. The summed E-state index contributed by atoms with van der Waals surface area (Å²) in [5.74, 6) is 1.71. The molecule has 2 atom stereocenters. The Bertz CT molecular complexity index is 582. The molecule has 2 heteroatoms. The van der Waals surface area contributed by atoms with Gasteiger partial charge in [-0.2, -0.15) is 0 Å². The van der Waals surface area contributed by atoms with E-state index in [0.717, 1.165) is 47.9 Å². The van der Waals surface area contributed by atoms with Gasteiger partial charge in [0.25, 0.3) is 0 Å². The topological polar surface area (TPSA) is 40.5 Å². The van der Waals surface area contributed by atoms with Crippen molar-refractivity contribution in [2.24, 2.45) is 11.8 Å². The van der Waals surface area contributed by atoms with Crippen molar-refractivity contribution in [1.29, 1.82) is 0 Å². The summed E-state index contributed by atoms with van der Waals surface area (Å²) in [5.41, 5.74) is 5.09. The lowest BCUT2D eigenvalue weighted by Crippen LogP contribution is -2.21. The molecule has 1 aliphatic rings. The third-order valence-corrected chi connectivity index (χ3v) is 5.61. The molecule has 0 radical (unpaired) electrons. The number of allylic oxidation sites excluding steroid dienone is 2. The molecule has 1 aliphatic carbocycles. The van der Waals surface area contributed by atoms with E-state index in [4.69, 9.17) is 0 Å². The monoisotopic (exact) mass is 316 g/mol. The summed E-state index contributed by atoms with van der Waals surface area (Å²) < 4.78 is 0. The van der Waals surface area contributed by atoms with Crippen LogP contribution in [0.3, 0.4) is 0 Å². The lowest BCUT2D eigenvalue weighted by atomic mass is 9.71. The van der Waals surface area contributed by atoms with Gasteiger partial charge in [-0.1, -0.05) is 38.8 Å². The molecule has 23 heavy (non-hydrogen) atoms. The minimum absolute atomic E-state index is 0.108. The van der Waals surface area contributed by atoms with Crippen molar-refractivity contribution >= 4 is 0 Å². The van der Waals surface area contributed by atoms with Gasteiger partial charge in [0.2, 0.25) is 0 Å². The Morgan fingerprint density at radius 2 is 1.65 bits per heavy atom. The number of phenols is 2. The summed E-state index contributed by atoms with van der Waals surface area (Å²) in [6, 6.07) is 0. The summed E-state index contributed by atoms with van der Waals surface area (Å²) in [6.07, 6.45) is 6.41. The molecule has 1 unspecified atom stereocenters. The second-order valence-electron chi connectivity index (χ2n) is 7.57. The molecule has 2 nitrogen and oxygen atoms in total. The summed E-state index contributed by atoms with van der Waals surface area (Å²) in [7, 11) is 0. The Balaban J connectivity index is 2.64. The van der Waals surface area contributed by atoms with Crippen LogP contribution in [0.15, 0.2) is 11.6 Å². The molecule has 0 saturated carbocycles. The number of aromatic hydroxyl groups is 2. The number of benzene rings is 1. The van der Waals surface area contributed by atoms with Gasteiger partial charge in [0.05, 0.1) is 0 Å². The van der Waals surface area contributed by atoms with Crippen molar-refractivity contribution in [2.75, 3.05) is 0 Å². The summed E-state index contributed by atoms with van der Waals surface area (Å²) in [5, 5.41) is 21.7. The van der Waals surface area contributed by atoms with Crippen molar-refractivity contribution in [2.45, 2.75) is 73.1 Å². The van der Waals surface area contributed by atoms with E-state index < -0.39 is 0 Å². The highest BCUT2D eigenvalue weighted by molar-refractivity contribution is 5.60. The molecule has 0 heterocycles. The fourth-order valence-electron chi connectivity index (χ4n) is 4.16. The lowest BCUT2D eigenvalue weighted by Gasteiger charge is -2.34. The van der Waals surface area contributed by atoms with Gasteiger partial charge in [-0.25, -0.2) is 0 Å². The van der Waals surface area contributed by atoms with Gasteiger partial charge in [0.15, 0.2) is 0 Å². The third kappa shape index (κ3) is 3.27. The van der Waals surface area contributed by atoms with Gasteiger partial charge in [-0.3, -0.25) is 0 Å². The molecular weight excluding hydrogens is 284 g/mol. The summed E-state index contributed by atoms with van der Waals surface area (Å²) in [4.78, 5) is 0. The largest absolute Gasteiger partial charge is 0.507 e. The maximum absolute atomic E-state index is 10.9. The van der Waals surface area contributed by atoms with Crippen LogP contribution in [-0.4, -0.2) is 10.2 Å². The highest BCUT2D eigenvalue weighted by Crippen LogP contribution is 2.49. The number of hydrogen-bond donors (Lipinski definition) is 2. The maximum atomic E-state index is 10.9. The Morgan fingerprint density at radius 1 is 1.09 bits per heavy atom. The SMILES string of the molecule is CCCc1c(C)c(O)c(C2C=C(C)CC[C@H]2C(C)C)c(O)c1C. The molecule has 0 aromatic heterocycles. The zero-order valence-electron chi connectivity index (χ0n) is 15.5. The van der Waals surface area contributed by atoms with Gasteiger partial charge in [-0.05, 0) is 68.6 Å². The van der Waals surface area contributed by atoms with Crippen LogP contribution in [0, 0.1) is 25.7 Å². The van der Waals surface area contributed by atoms with E-state index >= 15 is 0 Å². The Kier molecular flexibility index (Phi) is 5.44. The first kappa shape index (κ1) is 17.9. The van der Waals surface area contributed by atoms with Crippen LogP contribution < -0.4 is 0 Å². The first-order chi connectivity index (χ1) is 10.8. The van der Waals surface area contributed by atoms with Gasteiger partial charge in [0, 0.05) is 11.5 Å². The quantitative estimate of drug-likeness (QED) is 0.693. The van der Waals surface area contributed by atoms with Crippen molar-refractivity contribution in [3.63, 3.8) is 0 Å². The number of phenolic OH excluding ortho intramolecular Hbond substituents is 2. The van der Waals surface area contributed by atoms with Crippen LogP contribution in [0.2, 0.25) is 0 Å².